The first kappa shape index (κ1) is 26.7. The minimum absolute atomic E-state index is 0.111. The molecule has 200 valence electrons. The van der Waals surface area contributed by atoms with Gasteiger partial charge >= 0.3 is 5.97 Å². The molecule has 40 heavy (non-hydrogen) atoms. The average Bonchev–Trinajstić information content (AvgIpc) is 3.30. The lowest BCUT2D eigenvalue weighted by Crippen LogP contribution is -2.39. The lowest BCUT2D eigenvalue weighted by atomic mass is 9.93. The van der Waals surface area contributed by atoms with Crippen LogP contribution in [0.15, 0.2) is 94.2 Å². The monoisotopic (exact) mass is 550 g/mol. The van der Waals surface area contributed by atoms with Gasteiger partial charge in [0.25, 0.3) is 5.56 Å². The Balaban J connectivity index is 1.74. The topological polar surface area (TPSA) is 79.1 Å². The minimum atomic E-state index is -0.720. The standard InChI is InChI=1S/C32H26N2O5S/c1-4-18-39-24-17-16-21(19-25(24)37-3)20-26-30(35)34-29(23-14-10-7-11-15-23)27(31(36)38-5-2)28(33-32(34)40-26)22-12-8-6-9-13-22/h1,6-17,19-20,29H,5,18H2,2-3H3/b26-20-/t29-/m1/s1. The minimum Gasteiger partial charge on any atom is -0.493 e. The molecule has 1 atom stereocenters. The molecule has 0 radical (unpaired) electrons. The number of aromatic nitrogens is 1. The summed E-state index contributed by atoms with van der Waals surface area (Å²) in [4.78, 5) is 32.8. The van der Waals surface area contributed by atoms with Crippen LogP contribution >= 0.6 is 11.3 Å². The Morgan fingerprint density at radius 3 is 2.48 bits per heavy atom. The van der Waals surface area contributed by atoms with Crippen LogP contribution in [0.2, 0.25) is 0 Å². The molecule has 2 heterocycles. The molecule has 7 nitrogen and oxygen atoms in total. The van der Waals surface area contributed by atoms with Crippen LogP contribution in [-0.4, -0.2) is 30.9 Å². The Morgan fingerprint density at radius 1 is 1.07 bits per heavy atom. The molecule has 0 saturated carbocycles. The molecule has 1 aliphatic rings. The Kier molecular flexibility index (Phi) is 7.94. The van der Waals surface area contributed by atoms with Gasteiger partial charge in [-0.25, -0.2) is 9.79 Å². The fourth-order valence-corrected chi connectivity index (χ4v) is 5.56. The van der Waals surface area contributed by atoms with E-state index >= 15 is 0 Å². The third-order valence-corrected chi connectivity index (χ3v) is 7.27. The third-order valence-electron chi connectivity index (χ3n) is 6.29. The Labute approximate surface area is 235 Å². The zero-order chi connectivity index (χ0) is 28.1. The van der Waals surface area contributed by atoms with Crippen molar-refractivity contribution in [3.05, 3.63) is 121 Å². The summed E-state index contributed by atoms with van der Waals surface area (Å²) in [6.45, 7) is 2.06. The SMILES string of the molecule is C#CCOc1ccc(/C=c2\sc3n(c2=O)[C@H](c2ccccc2)C(C(=O)OCC)=C(c2ccccc2)N=3)cc1OC. The number of ether oxygens (including phenoxy) is 3. The van der Waals surface area contributed by atoms with E-state index in [0.29, 0.717) is 32.1 Å². The Morgan fingerprint density at radius 2 is 1.80 bits per heavy atom. The molecule has 0 fully saturated rings. The summed E-state index contributed by atoms with van der Waals surface area (Å²) in [5.41, 5.74) is 2.81. The predicted molar refractivity (Wildman–Crippen MR) is 155 cm³/mol. The Hall–Kier alpha value is -4.87. The second-order valence-corrected chi connectivity index (χ2v) is 9.75. The van der Waals surface area contributed by atoms with E-state index < -0.39 is 12.0 Å². The van der Waals surface area contributed by atoms with Crippen LogP contribution in [0.3, 0.4) is 0 Å². The van der Waals surface area contributed by atoms with Crippen molar-refractivity contribution in [1.29, 1.82) is 0 Å². The number of carbonyl (C=O) groups excluding carboxylic acids is 1. The molecule has 0 N–H and O–H groups in total. The number of esters is 1. The van der Waals surface area contributed by atoms with Crippen LogP contribution in [0.1, 0.15) is 29.7 Å². The molecule has 0 bridgehead atoms. The zero-order valence-electron chi connectivity index (χ0n) is 22.0. The van der Waals surface area contributed by atoms with E-state index in [9.17, 15) is 9.59 Å². The number of terminal acetylenes is 1. The third kappa shape index (κ3) is 5.20. The fourth-order valence-electron chi connectivity index (χ4n) is 4.56. The van der Waals surface area contributed by atoms with Crippen LogP contribution in [-0.2, 0) is 9.53 Å². The zero-order valence-corrected chi connectivity index (χ0v) is 22.8. The number of nitrogens with zero attached hydrogens (tertiary/aromatic N) is 2. The fraction of sp³-hybridized carbons (Fsp3) is 0.156. The quantitative estimate of drug-likeness (QED) is 0.245. The van der Waals surface area contributed by atoms with Crippen molar-refractivity contribution in [3.8, 4) is 23.8 Å². The largest absolute Gasteiger partial charge is 0.493 e. The predicted octanol–water partition coefficient (Wildman–Crippen LogP) is 3.96. The molecule has 3 aromatic carbocycles. The molecule has 0 amide bonds. The van der Waals surface area contributed by atoms with Crippen LogP contribution in [0.5, 0.6) is 11.5 Å². The van der Waals surface area contributed by atoms with Gasteiger partial charge < -0.3 is 14.2 Å². The number of fused-ring (bicyclic) bond motifs is 1. The van der Waals surface area contributed by atoms with Crippen molar-refractivity contribution >= 4 is 29.1 Å². The molecule has 0 saturated heterocycles. The highest BCUT2D eigenvalue weighted by molar-refractivity contribution is 7.07. The van der Waals surface area contributed by atoms with Gasteiger partial charge in [-0.05, 0) is 36.3 Å². The average molecular weight is 551 g/mol. The van der Waals surface area contributed by atoms with Crippen LogP contribution in [0, 0.1) is 12.3 Å². The summed E-state index contributed by atoms with van der Waals surface area (Å²) in [6, 6.07) is 23.5. The normalized spacial score (nSPS) is 14.6. The van der Waals surface area contributed by atoms with E-state index in [0.717, 1.165) is 16.7 Å². The molecule has 0 spiro atoms. The second kappa shape index (κ2) is 11.9. The van der Waals surface area contributed by atoms with Gasteiger partial charge in [0.05, 0.1) is 35.6 Å². The number of methoxy groups -OCH3 is 1. The number of hydrogen-bond acceptors (Lipinski definition) is 7. The van der Waals surface area contributed by atoms with Crippen LogP contribution in [0.4, 0.5) is 0 Å². The molecule has 5 rings (SSSR count). The molecular formula is C32H26N2O5S. The van der Waals surface area contributed by atoms with Gasteiger partial charge in [0.2, 0.25) is 0 Å². The van der Waals surface area contributed by atoms with Gasteiger partial charge in [-0.15, -0.1) is 6.42 Å². The van der Waals surface area contributed by atoms with Gasteiger partial charge in [-0.2, -0.15) is 0 Å². The van der Waals surface area contributed by atoms with E-state index in [1.807, 2.05) is 66.7 Å². The molecule has 1 aliphatic heterocycles. The second-order valence-electron chi connectivity index (χ2n) is 8.75. The summed E-state index contributed by atoms with van der Waals surface area (Å²) in [7, 11) is 1.54. The number of benzene rings is 3. The Bertz CT molecular complexity index is 1800. The van der Waals surface area contributed by atoms with Crippen molar-refractivity contribution in [1.82, 2.24) is 4.57 Å². The molecule has 8 heteroatoms. The van der Waals surface area contributed by atoms with E-state index in [1.54, 1.807) is 29.7 Å². The van der Waals surface area contributed by atoms with E-state index in [4.69, 9.17) is 25.6 Å². The number of rotatable bonds is 8. The lowest BCUT2D eigenvalue weighted by molar-refractivity contribution is -0.138. The summed E-state index contributed by atoms with van der Waals surface area (Å²) in [5.74, 6) is 2.93. The number of hydrogen-bond donors (Lipinski definition) is 0. The number of thiazole rings is 1. The maximum absolute atomic E-state index is 14.0. The van der Waals surface area contributed by atoms with Gasteiger partial charge in [0, 0.05) is 5.56 Å². The summed E-state index contributed by atoms with van der Waals surface area (Å²) >= 11 is 1.26. The van der Waals surface area contributed by atoms with Crippen molar-refractivity contribution in [2.45, 2.75) is 13.0 Å². The highest BCUT2D eigenvalue weighted by Crippen LogP contribution is 2.35. The van der Waals surface area contributed by atoms with E-state index in [1.165, 1.54) is 18.4 Å². The summed E-state index contributed by atoms with van der Waals surface area (Å²) in [6.07, 6.45) is 7.08. The van der Waals surface area contributed by atoms with Crippen LogP contribution in [0.25, 0.3) is 11.8 Å². The van der Waals surface area contributed by atoms with E-state index in [2.05, 4.69) is 5.92 Å². The van der Waals surface area contributed by atoms with Gasteiger partial charge in [-0.3, -0.25) is 9.36 Å². The van der Waals surface area contributed by atoms with Crippen molar-refractivity contribution in [3.63, 3.8) is 0 Å². The first-order chi connectivity index (χ1) is 19.5. The van der Waals surface area contributed by atoms with Crippen molar-refractivity contribution in [2.75, 3.05) is 20.3 Å². The van der Waals surface area contributed by atoms with Gasteiger partial charge in [-0.1, -0.05) is 84.0 Å². The maximum atomic E-state index is 14.0. The summed E-state index contributed by atoms with van der Waals surface area (Å²) in [5, 5.41) is 0. The molecular weight excluding hydrogens is 524 g/mol. The van der Waals surface area contributed by atoms with Crippen LogP contribution < -0.4 is 24.4 Å². The lowest BCUT2D eigenvalue weighted by Gasteiger charge is -2.25. The molecule has 0 aliphatic carbocycles. The summed E-state index contributed by atoms with van der Waals surface area (Å²) < 4.78 is 18.5. The van der Waals surface area contributed by atoms with Gasteiger partial charge in [0.1, 0.15) is 6.61 Å². The molecule has 0 unspecified atom stereocenters. The van der Waals surface area contributed by atoms with E-state index in [-0.39, 0.29) is 18.8 Å². The van der Waals surface area contributed by atoms with Gasteiger partial charge in [0.15, 0.2) is 16.3 Å². The molecule has 1 aromatic heterocycles. The van der Waals surface area contributed by atoms with Crippen molar-refractivity contribution < 1.29 is 19.0 Å². The highest BCUT2D eigenvalue weighted by atomic mass is 32.1. The smallest absolute Gasteiger partial charge is 0.338 e. The first-order valence-corrected chi connectivity index (χ1v) is 13.4. The number of carbonyl (C=O) groups is 1. The highest BCUT2D eigenvalue weighted by Gasteiger charge is 2.35. The van der Waals surface area contributed by atoms with Crippen molar-refractivity contribution in [2.24, 2.45) is 4.99 Å². The molecule has 4 aromatic rings. The first-order valence-electron chi connectivity index (χ1n) is 12.6. The maximum Gasteiger partial charge on any atom is 0.338 e.